The Morgan fingerprint density at radius 1 is 0.931 bits per heavy atom. The molecule has 0 radical (unpaired) electrons. The molecule has 1 aliphatic heterocycles. The largest absolute Gasteiger partial charge is 0.290 e. The highest BCUT2D eigenvalue weighted by atomic mass is 32.2. The van der Waals surface area contributed by atoms with E-state index in [0.717, 1.165) is 33.3 Å². The first kappa shape index (κ1) is 19.5. The number of para-hydroxylation sites is 1. The van der Waals surface area contributed by atoms with Gasteiger partial charge in [-0.15, -0.1) is 0 Å². The third-order valence-electron chi connectivity index (χ3n) is 5.19. The predicted molar refractivity (Wildman–Crippen MR) is 122 cm³/mol. The molecule has 3 aromatic rings. The highest BCUT2D eigenvalue weighted by Gasteiger charge is 2.29. The fraction of sp³-hybridized carbons (Fsp3) is 0.200. The number of amides is 1. The van der Waals surface area contributed by atoms with Crippen LogP contribution in [0.3, 0.4) is 0 Å². The third kappa shape index (κ3) is 4.60. The molecule has 0 N–H and O–H groups in total. The summed E-state index contributed by atoms with van der Waals surface area (Å²) in [5.74, 6) is 1.05. The maximum atomic E-state index is 13.3. The van der Waals surface area contributed by atoms with Crippen LogP contribution in [0.5, 0.6) is 0 Å². The first-order valence-electron chi connectivity index (χ1n) is 9.90. The molecule has 3 nitrogen and oxygen atoms in total. The molecule has 0 aromatic heterocycles. The number of nitrogens with zero attached hydrogens (tertiary/aromatic N) is 2. The van der Waals surface area contributed by atoms with E-state index in [-0.39, 0.29) is 11.8 Å². The van der Waals surface area contributed by atoms with Crippen LogP contribution in [0.2, 0.25) is 0 Å². The molecule has 0 spiro atoms. The number of benzene rings is 3. The number of hydrogen-bond acceptors (Lipinski definition) is 3. The van der Waals surface area contributed by atoms with Gasteiger partial charge in [0.1, 0.15) is 0 Å². The summed E-state index contributed by atoms with van der Waals surface area (Å²) in [4.78, 5) is 20.0. The van der Waals surface area contributed by atoms with Crippen LogP contribution in [-0.2, 0) is 4.79 Å². The van der Waals surface area contributed by atoms with Crippen molar-refractivity contribution in [2.24, 2.45) is 4.99 Å². The minimum Gasteiger partial charge on any atom is -0.290 e. The van der Waals surface area contributed by atoms with Crippen LogP contribution in [-0.4, -0.2) is 28.3 Å². The van der Waals surface area contributed by atoms with Gasteiger partial charge in [-0.25, -0.2) is 4.99 Å². The van der Waals surface area contributed by atoms with E-state index in [1.54, 1.807) is 11.8 Å². The Hall–Kier alpha value is -2.85. The number of thioether (sulfide) groups is 1. The number of carbonyl (C=O) groups is 1. The van der Waals surface area contributed by atoms with Crippen molar-refractivity contribution < 1.29 is 4.79 Å². The van der Waals surface area contributed by atoms with Gasteiger partial charge in [0.2, 0.25) is 5.91 Å². The minimum absolute atomic E-state index is 0.0372. The molecule has 0 bridgehead atoms. The topological polar surface area (TPSA) is 32.7 Å². The van der Waals surface area contributed by atoms with Crippen LogP contribution in [0.25, 0.3) is 0 Å². The second-order valence-corrected chi connectivity index (χ2v) is 8.21. The Morgan fingerprint density at radius 3 is 2.14 bits per heavy atom. The molecule has 1 heterocycles. The maximum Gasteiger partial charge on any atom is 0.229 e. The third-order valence-corrected chi connectivity index (χ3v) is 6.15. The van der Waals surface area contributed by atoms with Crippen LogP contribution in [0, 0.1) is 6.92 Å². The van der Waals surface area contributed by atoms with E-state index in [2.05, 4.69) is 24.3 Å². The lowest BCUT2D eigenvalue weighted by atomic mass is 9.88. The normalized spacial score (nSPS) is 15.2. The van der Waals surface area contributed by atoms with Gasteiger partial charge < -0.3 is 0 Å². The van der Waals surface area contributed by atoms with Crippen LogP contribution >= 0.6 is 11.8 Å². The van der Waals surface area contributed by atoms with Crippen molar-refractivity contribution in [2.45, 2.75) is 19.3 Å². The number of aliphatic imine (C=N–C) groups is 1. The van der Waals surface area contributed by atoms with Gasteiger partial charge in [0, 0.05) is 24.6 Å². The molecule has 29 heavy (non-hydrogen) atoms. The van der Waals surface area contributed by atoms with Crippen LogP contribution < -0.4 is 0 Å². The Morgan fingerprint density at radius 2 is 1.52 bits per heavy atom. The van der Waals surface area contributed by atoms with Gasteiger partial charge >= 0.3 is 0 Å². The fourth-order valence-corrected chi connectivity index (χ4v) is 4.57. The molecule has 3 aromatic carbocycles. The molecule has 0 unspecified atom stereocenters. The molecule has 1 saturated heterocycles. The summed E-state index contributed by atoms with van der Waals surface area (Å²) < 4.78 is 0. The van der Waals surface area contributed by atoms with E-state index >= 15 is 0 Å². The van der Waals surface area contributed by atoms with Crippen molar-refractivity contribution in [3.8, 4) is 0 Å². The van der Waals surface area contributed by atoms with Crippen LogP contribution in [0.1, 0.15) is 29.0 Å². The summed E-state index contributed by atoms with van der Waals surface area (Å²) in [6.45, 7) is 2.76. The van der Waals surface area contributed by atoms with E-state index < -0.39 is 0 Å². The number of aryl methyl sites for hydroxylation is 1. The SMILES string of the molecule is Cc1ccccc1N=C1SCCN1C(=O)CC(c1ccccc1)c1ccccc1. The van der Waals surface area contributed by atoms with Crippen molar-refractivity contribution in [1.82, 2.24) is 4.90 Å². The zero-order valence-corrected chi connectivity index (χ0v) is 17.3. The second kappa shape index (κ2) is 9.10. The first-order valence-corrected chi connectivity index (χ1v) is 10.9. The van der Waals surface area contributed by atoms with Gasteiger partial charge in [0.05, 0.1) is 5.69 Å². The number of carbonyl (C=O) groups excluding carboxylic acids is 1. The smallest absolute Gasteiger partial charge is 0.229 e. The van der Waals surface area contributed by atoms with Gasteiger partial charge in [-0.3, -0.25) is 9.69 Å². The highest BCUT2D eigenvalue weighted by Crippen LogP contribution is 2.31. The van der Waals surface area contributed by atoms with Gasteiger partial charge in [-0.2, -0.15) is 0 Å². The first-order chi connectivity index (χ1) is 14.2. The molecule has 0 aliphatic carbocycles. The average molecular weight is 401 g/mol. The van der Waals surface area contributed by atoms with E-state index in [0.29, 0.717) is 13.0 Å². The van der Waals surface area contributed by atoms with Crippen molar-refractivity contribution in [1.29, 1.82) is 0 Å². The lowest BCUT2D eigenvalue weighted by Gasteiger charge is -2.22. The lowest BCUT2D eigenvalue weighted by Crippen LogP contribution is -2.32. The quantitative estimate of drug-likeness (QED) is 0.544. The molecule has 146 valence electrons. The molecule has 4 heteroatoms. The van der Waals surface area contributed by atoms with Crippen LogP contribution in [0.15, 0.2) is 89.9 Å². The van der Waals surface area contributed by atoms with Crippen molar-refractivity contribution >= 4 is 28.5 Å². The Kier molecular flexibility index (Phi) is 6.11. The Balaban J connectivity index is 1.60. The molecule has 4 rings (SSSR count). The van der Waals surface area contributed by atoms with E-state index in [4.69, 9.17) is 4.99 Å². The summed E-state index contributed by atoms with van der Waals surface area (Å²) >= 11 is 1.66. The lowest BCUT2D eigenvalue weighted by molar-refractivity contribution is -0.127. The minimum atomic E-state index is 0.0372. The standard InChI is InChI=1S/C25H24N2OS/c1-19-10-8-9-15-23(19)26-25-27(16-17-29-25)24(28)18-22(20-11-4-2-5-12-20)21-13-6-3-7-14-21/h2-15,22H,16-18H2,1H3. The van der Waals surface area contributed by atoms with Gasteiger partial charge in [-0.1, -0.05) is 90.6 Å². The molecular weight excluding hydrogens is 376 g/mol. The maximum absolute atomic E-state index is 13.3. The fourth-order valence-electron chi connectivity index (χ4n) is 3.60. The number of rotatable bonds is 5. The molecule has 1 aliphatic rings. The summed E-state index contributed by atoms with van der Waals surface area (Å²) in [5.41, 5.74) is 4.37. The van der Waals surface area contributed by atoms with Gasteiger partial charge in [-0.05, 0) is 29.7 Å². The zero-order chi connectivity index (χ0) is 20.1. The van der Waals surface area contributed by atoms with E-state index in [1.165, 1.54) is 0 Å². The molecule has 1 fully saturated rings. The van der Waals surface area contributed by atoms with Crippen molar-refractivity contribution in [3.63, 3.8) is 0 Å². The molecule has 1 amide bonds. The summed E-state index contributed by atoms with van der Waals surface area (Å²) in [6.07, 6.45) is 0.432. The highest BCUT2D eigenvalue weighted by molar-refractivity contribution is 8.14. The Bertz CT molecular complexity index is 962. The van der Waals surface area contributed by atoms with Crippen LogP contribution in [0.4, 0.5) is 5.69 Å². The van der Waals surface area contributed by atoms with E-state index in [9.17, 15) is 4.79 Å². The molecular formula is C25H24N2OS. The monoisotopic (exact) mass is 400 g/mol. The summed E-state index contributed by atoms with van der Waals surface area (Å²) in [5, 5.41) is 0.809. The molecule has 0 atom stereocenters. The number of hydrogen-bond donors (Lipinski definition) is 0. The summed E-state index contributed by atoms with van der Waals surface area (Å²) in [7, 11) is 0. The average Bonchev–Trinajstić information content (AvgIpc) is 3.23. The van der Waals surface area contributed by atoms with Crippen molar-refractivity contribution in [3.05, 3.63) is 102 Å². The predicted octanol–water partition coefficient (Wildman–Crippen LogP) is 5.78. The Labute approximate surface area is 176 Å². The zero-order valence-electron chi connectivity index (χ0n) is 16.5. The van der Waals surface area contributed by atoms with E-state index in [1.807, 2.05) is 72.5 Å². The molecule has 0 saturated carbocycles. The summed E-state index contributed by atoms with van der Waals surface area (Å²) in [6, 6.07) is 28.6. The number of amidine groups is 1. The second-order valence-electron chi connectivity index (χ2n) is 7.15. The van der Waals surface area contributed by atoms with Gasteiger partial charge in [0.15, 0.2) is 5.17 Å². The van der Waals surface area contributed by atoms with Crippen molar-refractivity contribution in [2.75, 3.05) is 12.3 Å². The van der Waals surface area contributed by atoms with Gasteiger partial charge in [0.25, 0.3) is 0 Å².